The Labute approximate surface area is 178 Å². The molecule has 4 nitrogen and oxygen atoms in total. The predicted octanol–water partition coefficient (Wildman–Crippen LogP) is 5.39. The summed E-state index contributed by atoms with van der Waals surface area (Å²) in [4.78, 5) is 13.7. The zero-order chi connectivity index (χ0) is 22.5. The van der Waals surface area contributed by atoms with Crippen LogP contribution in [0, 0.1) is 34.0 Å². The van der Waals surface area contributed by atoms with Gasteiger partial charge in [-0.3, -0.25) is 4.79 Å². The second kappa shape index (κ2) is 8.04. The van der Waals surface area contributed by atoms with Gasteiger partial charge in [-0.1, -0.05) is 27.7 Å². The first-order chi connectivity index (χ1) is 13.9. The fraction of sp³-hybridized carbons (Fsp3) is 0.957. The molecule has 0 aliphatic heterocycles. The van der Waals surface area contributed by atoms with Crippen LogP contribution in [0.15, 0.2) is 0 Å². The van der Waals surface area contributed by atoms with Crippen LogP contribution in [0.4, 0.5) is 13.2 Å². The lowest BCUT2D eigenvalue weighted by molar-refractivity contribution is -0.229. The highest BCUT2D eigenvalue weighted by atomic mass is 19.4. The van der Waals surface area contributed by atoms with E-state index in [0.29, 0.717) is 0 Å². The summed E-state index contributed by atoms with van der Waals surface area (Å²) >= 11 is 0. The molecule has 0 N–H and O–H groups in total. The number of ketones is 1. The van der Waals surface area contributed by atoms with Crippen LogP contribution in [-0.4, -0.2) is 45.2 Å². The van der Waals surface area contributed by atoms with Crippen molar-refractivity contribution < 1.29 is 32.2 Å². The van der Waals surface area contributed by atoms with Gasteiger partial charge >= 0.3 is 6.18 Å². The smallest absolute Gasteiger partial charge is 0.381 e. The number of alkyl halides is 3. The first-order valence-electron chi connectivity index (χ1n) is 11.1. The fourth-order valence-electron chi connectivity index (χ4n) is 7.48. The van der Waals surface area contributed by atoms with Gasteiger partial charge in [-0.05, 0) is 49.4 Å². The number of ether oxygens (including phenoxy) is 3. The second-order valence-corrected chi connectivity index (χ2v) is 10.5. The molecule has 2 bridgehead atoms. The maximum atomic E-state index is 13.7. The van der Waals surface area contributed by atoms with E-state index >= 15 is 0 Å². The van der Waals surface area contributed by atoms with E-state index < -0.39 is 35.4 Å². The van der Waals surface area contributed by atoms with Gasteiger partial charge in [-0.2, -0.15) is 13.2 Å². The summed E-state index contributed by atoms with van der Waals surface area (Å²) in [5, 5.41) is 0. The third kappa shape index (κ3) is 3.62. The highest BCUT2D eigenvalue weighted by Crippen LogP contribution is 2.69. The van der Waals surface area contributed by atoms with Crippen molar-refractivity contribution in [1.82, 2.24) is 0 Å². The molecule has 3 aliphatic carbocycles. The SMILES string of the molecule is COCOC1C[C@@](C)(CC(F)(F)F)C(=O)[C@H](C)C23CCC(OC)C2[C@@]1(C)[C@H](C)CC3. The molecule has 0 spiro atoms. The minimum Gasteiger partial charge on any atom is -0.381 e. The Morgan fingerprint density at radius 2 is 1.73 bits per heavy atom. The van der Waals surface area contributed by atoms with Crippen molar-refractivity contribution in [3.63, 3.8) is 0 Å². The number of carbonyl (C=O) groups excluding carboxylic acids is 1. The van der Waals surface area contributed by atoms with E-state index in [1.807, 2.05) is 6.92 Å². The number of carbonyl (C=O) groups is 1. The molecule has 3 saturated carbocycles. The van der Waals surface area contributed by atoms with E-state index in [2.05, 4.69) is 13.8 Å². The monoisotopic (exact) mass is 434 g/mol. The zero-order valence-electron chi connectivity index (χ0n) is 19.1. The van der Waals surface area contributed by atoms with Gasteiger partial charge in [0.25, 0.3) is 0 Å². The Bertz CT molecular complexity index is 653. The lowest BCUT2D eigenvalue weighted by Gasteiger charge is -2.62. The summed E-state index contributed by atoms with van der Waals surface area (Å²) in [6.45, 7) is 7.69. The molecule has 7 heteroatoms. The molecule has 8 atom stereocenters. The summed E-state index contributed by atoms with van der Waals surface area (Å²) in [6, 6.07) is 0. The number of halogens is 3. The lowest BCUT2D eigenvalue weighted by atomic mass is 9.43. The highest BCUT2D eigenvalue weighted by molar-refractivity contribution is 5.87. The quantitative estimate of drug-likeness (QED) is 0.544. The number of Topliss-reactive ketones (excluding diaryl/α,β-unsaturated/α-hetero) is 1. The van der Waals surface area contributed by atoms with Crippen LogP contribution >= 0.6 is 0 Å². The van der Waals surface area contributed by atoms with Gasteiger partial charge in [0, 0.05) is 31.0 Å². The summed E-state index contributed by atoms with van der Waals surface area (Å²) in [7, 11) is 3.22. The molecular formula is C23H37F3O4. The van der Waals surface area contributed by atoms with Crippen molar-refractivity contribution in [2.24, 2.45) is 34.0 Å². The van der Waals surface area contributed by atoms with E-state index in [-0.39, 0.29) is 42.4 Å². The lowest BCUT2D eigenvalue weighted by Crippen LogP contribution is -2.63. The summed E-state index contributed by atoms with van der Waals surface area (Å²) in [5.74, 6) is -0.409. The molecular weight excluding hydrogens is 397 g/mol. The van der Waals surface area contributed by atoms with Crippen molar-refractivity contribution in [3.8, 4) is 0 Å². The molecule has 0 aromatic rings. The zero-order valence-corrected chi connectivity index (χ0v) is 19.1. The van der Waals surface area contributed by atoms with E-state index in [1.165, 1.54) is 14.0 Å². The standard InChI is InChI=1S/C23H37F3O4/c1-14-7-9-22-10-8-16(29-6)18(22)21(14,4)17(30-13-28-5)11-20(3,12-23(24,25)26)19(27)15(22)2/h14-18H,7-13H2,1-6H3/t14-,15+,16?,17?,18?,20+,21+,22?/m1/s1. The Kier molecular flexibility index (Phi) is 6.43. The van der Waals surface area contributed by atoms with E-state index in [9.17, 15) is 18.0 Å². The topological polar surface area (TPSA) is 44.8 Å². The molecule has 3 fully saturated rings. The minimum atomic E-state index is -4.42. The average Bonchev–Trinajstić information content (AvgIpc) is 3.05. The van der Waals surface area contributed by atoms with E-state index in [1.54, 1.807) is 7.11 Å². The Balaban J connectivity index is 2.18. The van der Waals surface area contributed by atoms with Gasteiger partial charge in [0.05, 0.1) is 18.6 Å². The largest absolute Gasteiger partial charge is 0.390 e. The molecule has 0 heterocycles. The van der Waals surface area contributed by atoms with Crippen LogP contribution in [-0.2, 0) is 19.0 Å². The van der Waals surface area contributed by atoms with Gasteiger partial charge in [0.1, 0.15) is 12.6 Å². The maximum Gasteiger partial charge on any atom is 0.390 e. The van der Waals surface area contributed by atoms with Gasteiger partial charge in [0.15, 0.2) is 0 Å². The normalized spacial score (nSPS) is 47.0. The molecule has 0 amide bonds. The predicted molar refractivity (Wildman–Crippen MR) is 107 cm³/mol. The van der Waals surface area contributed by atoms with Crippen LogP contribution < -0.4 is 0 Å². The first-order valence-corrected chi connectivity index (χ1v) is 11.1. The highest BCUT2D eigenvalue weighted by Gasteiger charge is 2.68. The van der Waals surface area contributed by atoms with Crippen molar-refractivity contribution >= 4 is 5.78 Å². The van der Waals surface area contributed by atoms with Gasteiger partial charge < -0.3 is 14.2 Å². The average molecular weight is 435 g/mol. The molecule has 3 rings (SSSR count). The van der Waals surface area contributed by atoms with Crippen molar-refractivity contribution in [3.05, 3.63) is 0 Å². The molecule has 0 aromatic carbocycles. The molecule has 4 unspecified atom stereocenters. The van der Waals surface area contributed by atoms with Gasteiger partial charge in [-0.15, -0.1) is 0 Å². The third-order valence-electron chi connectivity index (χ3n) is 9.12. The van der Waals surface area contributed by atoms with Crippen molar-refractivity contribution in [2.75, 3.05) is 21.0 Å². The summed E-state index contributed by atoms with van der Waals surface area (Å²) in [6.07, 6.45) is -2.61. The minimum absolute atomic E-state index is 0.00378. The number of rotatable bonds is 5. The van der Waals surface area contributed by atoms with E-state index in [0.717, 1.165) is 25.7 Å². The summed E-state index contributed by atoms with van der Waals surface area (Å²) < 4.78 is 58.0. The number of methoxy groups -OCH3 is 2. The van der Waals surface area contributed by atoms with Crippen LogP contribution in [0.1, 0.15) is 66.2 Å². The van der Waals surface area contributed by atoms with Crippen molar-refractivity contribution in [2.45, 2.75) is 84.6 Å². The molecule has 30 heavy (non-hydrogen) atoms. The fourth-order valence-corrected chi connectivity index (χ4v) is 7.48. The van der Waals surface area contributed by atoms with Gasteiger partial charge in [-0.25, -0.2) is 0 Å². The molecule has 3 aliphatic rings. The second-order valence-electron chi connectivity index (χ2n) is 10.5. The molecule has 174 valence electrons. The number of hydrogen-bond acceptors (Lipinski definition) is 4. The van der Waals surface area contributed by atoms with Crippen LogP contribution in [0.5, 0.6) is 0 Å². The molecule has 0 aromatic heterocycles. The molecule has 0 radical (unpaired) electrons. The molecule has 0 saturated heterocycles. The number of hydrogen-bond donors (Lipinski definition) is 0. The third-order valence-corrected chi connectivity index (χ3v) is 9.12. The maximum absolute atomic E-state index is 13.7. The van der Waals surface area contributed by atoms with E-state index in [4.69, 9.17) is 14.2 Å². The van der Waals surface area contributed by atoms with Crippen LogP contribution in [0.3, 0.4) is 0 Å². The first kappa shape index (κ1) is 24.0. The van der Waals surface area contributed by atoms with Gasteiger partial charge in [0.2, 0.25) is 0 Å². The van der Waals surface area contributed by atoms with Crippen LogP contribution in [0.2, 0.25) is 0 Å². The van der Waals surface area contributed by atoms with Crippen molar-refractivity contribution in [1.29, 1.82) is 0 Å². The Morgan fingerprint density at radius 3 is 2.30 bits per heavy atom. The van der Waals surface area contributed by atoms with Crippen LogP contribution in [0.25, 0.3) is 0 Å². The summed E-state index contributed by atoms with van der Waals surface area (Å²) in [5.41, 5.74) is -2.27. The Morgan fingerprint density at radius 1 is 1.10 bits per heavy atom. The Hall–Kier alpha value is -0.660.